The maximum absolute atomic E-state index is 12.0. The normalized spacial score (nSPS) is 14.2. The molecule has 0 aliphatic carbocycles. The minimum absolute atomic E-state index is 0.0559. The topological polar surface area (TPSA) is 90.1 Å². The molecule has 0 aliphatic rings. The van der Waals surface area contributed by atoms with E-state index in [1.165, 1.54) is 4.68 Å². The quantitative estimate of drug-likeness (QED) is 0.862. The monoisotopic (exact) mass is 310 g/mol. The second-order valence-corrected chi connectivity index (χ2v) is 5.63. The Morgan fingerprint density at radius 1 is 1.38 bits per heavy atom. The van der Waals surface area contributed by atoms with E-state index in [0.29, 0.717) is 0 Å². The van der Waals surface area contributed by atoms with E-state index in [2.05, 4.69) is 20.3 Å². The van der Waals surface area contributed by atoms with Crippen molar-refractivity contribution in [2.45, 2.75) is 46.0 Å². The molecular formula is C11H17F3N4O3. The van der Waals surface area contributed by atoms with E-state index in [9.17, 15) is 18.0 Å². The van der Waals surface area contributed by atoms with Gasteiger partial charge in [-0.3, -0.25) is 4.79 Å². The van der Waals surface area contributed by atoms with E-state index < -0.39 is 36.8 Å². The van der Waals surface area contributed by atoms with Crippen LogP contribution in [0.15, 0.2) is 0 Å². The third-order valence-corrected chi connectivity index (χ3v) is 2.72. The minimum atomic E-state index is -4.44. The van der Waals surface area contributed by atoms with Gasteiger partial charge in [0.2, 0.25) is 0 Å². The average molecular weight is 310 g/mol. The molecule has 0 aromatic carbocycles. The molecule has 0 fully saturated rings. The van der Waals surface area contributed by atoms with Crippen LogP contribution in [0.5, 0.6) is 0 Å². The van der Waals surface area contributed by atoms with Gasteiger partial charge in [-0.2, -0.15) is 13.2 Å². The maximum Gasteiger partial charge on any atom is 0.411 e. The molecule has 0 saturated heterocycles. The molecule has 1 atom stereocenters. The number of tetrazole rings is 1. The largest absolute Gasteiger partial charge is 0.481 e. The number of halogens is 3. The van der Waals surface area contributed by atoms with Gasteiger partial charge in [0.25, 0.3) is 0 Å². The fourth-order valence-electron chi connectivity index (χ4n) is 1.73. The second kappa shape index (κ2) is 6.37. The van der Waals surface area contributed by atoms with Crippen LogP contribution < -0.4 is 0 Å². The van der Waals surface area contributed by atoms with Crippen molar-refractivity contribution in [3.8, 4) is 0 Å². The van der Waals surface area contributed by atoms with E-state index in [1.807, 2.05) is 0 Å². The molecule has 0 spiro atoms. The first-order valence-electron chi connectivity index (χ1n) is 6.14. The molecule has 120 valence electrons. The van der Waals surface area contributed by atoms with Crippen LogP contribution in [0.1, 0.15) is 39.1 Å². The molecule has 10 heteroatoms. The molecule has 0 bridgehead atoms. The number of carbonyl (C=O) groups is 1. The molecule has 0 saturated carbocycles. The molecule has 21 heavy (non-hydrogen) atoms. The van der Waals surface area contributed by atoms with Gasteiger partial charge >= 0.3 is 12.1 Å². The standard InChI is InChI=1S/C11H17F3N4O3/c1-10(2,3)7(4-9(19)20)18-8(15-16-17-18)5-21-6-11(12,13)14/h7H,4-6H2,1-3H3,(H,19,20). The minimum Gasteiger partial charge on any atom is -0.481 e. The number of ether oxygens (including phenoxy) is 1. The van der Waals surface area contributed by atoms with Gasteiger partial charge in [0.05, 0.1) is 12.5 Å². The van der Waals surface area contributed by atoms with Crippen molar-refractivity contribution < 1.29 is 27.8 Å². The molecule has 7 nitrogen and oxygen atoms in total. The lowest BCUT2D eigenvalue weighted by atomic mass is 9.85. The van der Waals surface area contributed by atoms with Crippen molar-refractivity contribution in [1.82, 2.24) is 20.2 Å². The summed E-state index contributed by atoms with van der Waals surface area (Å²) in [5.74, 6) is -0.993. The van der Waals surface area contributed by atoms with Crippen molar-refractivity contribution in [2.24, 2.45) is 5.41 Å². The van der Waals surface area contributed by atoms with Crippen LogP contribution in [0.25, 0.3) is 0 Å². The van der Waals surface area contributed by atoms with E-state index >= 15 is 0 Å². The third kappa shape index (κ3) is 5.66. The first kappa shape index (κ1) is 17.3. The number of rotatable bonds is 6. The lowest BCUT2D eigenvalue weighted by molar-refractivity contribution is -0.177. The van der Waals surface area contributed by atoms with Gasteiger partial charge in [-0.15, -0.1) is 5.10 Å². The maximum atomic E-state index is 12.0. The van der Waals surface area contributed by atoms with Gasteiger partial charge in [-0.25, -0.2) is 4.68 Å². The molecule has 0 amide bonds. The van der Waals surface area contributed by atoms with Crippen LogP contribution in [0.3, 0.4) is 0 Å². The second-order valence-electron chi connectivity index (χ2n) is 5.63. The van der Waals surface area contributed by atoms with Gasteiger partial charge in [0.1, 0.15) is 13.2 Å². The molecule has 1 N–H and O–H groups in total. The Morgan fingerprint density at radius 3 is 2.48 bits per heavy atom. The predicted molar refractivity (Wildman–Crippen MR) is 64.3 cm³/mol. The van der Waals surface area contributed by atoms with Crippen LogP contribution in [0.2, 0.25) is 0 Å². The number of carboxylic acid groups (broad SMARTS) is 1. The Hall–Kier alpha value is -1.71. The summed E-state index contributed by atoms with van der Waals surface area (Å²) in [4.78, 5) is 10.9. The van der Waals surface area contributed by atoms with E-state index in [0.717, 1.165) is 0 Å². The van der Waals surface area contributed by atoms with Crippen molar-refractivity contribution in [3.63, 3.8) is 0 Å². The molecule has 0 aliphatic heterocycles. The smallest absolute Gasteiger partial charge is 0.411 e. The van der Waals surface area contributed by atoms with Crippen LogP contribution in [-0.2, 0) is 16.1 Å². The van der Waals surface area contributed by atoms with Crippen LogP contribution in [-0.4, -0.2) is 44.1 Å². The van der Waals surface area contributed by atoms with Gasteiger partial charge in [0, 0.05) is 0 Å². The zero-order valence-electron chi connectivity index (χ0n) is 11.9. The molecule has 1 heterocycles. The zero-order chi connectivity index (χ0) is 16.3. The third-order valence-electron chi connectivity index (χ3n) is 2.72. The summed E-state index contributed by atoms with van der Waals surface area (Å²) >= 11 is 0. The highest BCUT2D eigenvalue weighted by atomic mass is 19.4. The Labute approximate surface area is 119 Å². The molecular weight excluding hydrogens is 293 g/mol. The number of alkyl halides is 3. The van der Waals surface area contributed by atoms with Gasteiger partial charge in [-0.05, 0) is 15.8 Å². The SMILES string of the molecule is CC(C)(C)C(CC(=O)O)n1nnnc1COCC(F)(F)F. The first-order chi connectivity index (χ1) is 9.50. The number of hydrogen-bond donors (Lipinski definition) is 1. The summed E-state index contributed by atoms with van der Waals surface area (Å²) < 4.78 is 41.9. The fraction of sp³-hybridized carbons (Fsp3) is 0.818. The van der Waals surface area contributed by atoms with Gasteiger partial charge in [0.15, 0.2) is 5.82 Å². The number of aromatic nitrogens is 4. The molecule has 0 radical (unpaired) electrons. The van der Waals surface area contributed by atoms with Crippen molar-refractivity contribution in [1.29, 1.82) is 0 Å². The van der Waals surface area contributed by atoms with Gasteiger partial charge < -0.3 is 9.84 Å². The van der Waals surface area contributed by atoms with E-state index in [1.54, 1.807) is 20.8 Å². The molecule has 1 aromatic rings. The Morgan fingerprint density at radius 2 is 2.00 bits per heavy atom. The zero-order valence-corrected chi connectivity index (χ0v) is 11.9. The molecule has 1 aromatic heterocycles. The summed E-state index contributed by atoms with van der Waals surface area (Å²) in [7, 11) is 0. The van der Waals surface area contributed by atoms with Crippen LogP contribution in [0, 0.1) is 5.41 Å². The summed E-state index contributed by atoms with van der Waals surface area (Å²) in [6.45, 7) is 3.52. The summed E-state index contributed by atoms with van der Waals surface area (Å²) in [5, 5.41) is 19.6. The Bertz CT molecular complexity index is 482. The van der Waals surface area contributed by atoms with Crippen molar-refractivity contribution in [3.05, 3.63) is 5.82 Å². The Kier molecular flexibility index (Phi) is 5.26. The van der Waals surface area contributed by atoms with E-state index in [-0.39, 0.29) is 12.2 Å². The molecule has 1 unspecified atom stereocenters. The summed E-state index contributed by atoms with van der Waals surface area (Å²) in [6.07, 6.45) is -4.69. The summed E-state index contributed by atoms with van der Waals surface area (Å²) in [6, 6.07) is -0.602. The molecule has 1 rings (SSSR count). The average Bonchev–Trinajstić information content (AvgIpc) is 2.70. The highest BCUT2D eigenvalue weighted by molar-refractivity contribution is 5.67. The lowest BCUT2D eigenvalue weighted by Crippen LogP contribution is -2.29. The Balaban J connectivity index is 2.86. The highest BCUT2D eigenvalue weighted by Gasteiger charge is 2.32. The van der Waals surface area contributed by atoms with Gasteiger partial charge in [-0.1, -0.05) is 20.8 Å². The number of hydrogen-bond acceptors (Lipinski definition) is 5. The van der Waals surface area contributed by atoms with Crippen LogP contribution >= 0.6 is 0 Å². The first-order valence-corrected chi connectivity index (χ1v) is 6.14. The van der Waals surface area contributed by atoms with E-state index in [4.69, 9.17) is 5.11 Å². The summed E-state index contributed by atoms with van der Waals surface area (Å²) in [5.41, 5.74) is -0.494. The van der Waals surface area contributed by atoms with Crippen molar-refractivity contribution >= 4 is 5.97 Å². The number of nitrogens with zero attached hydrogens (tertiary/aromatic N) is 4. The fourth-order valence-corrected chi connectivity index (χ4v) is 1.73. The van der Waals surface area contributed by atoms with Crippen molar-refractivity contribution in [2.75, 3.05) is 6.61 Å². The number of carboxylic acids is 1. The van der Waals surface area contributed by atoms with Crippen LogP contribution in [0.4, 0.5) is 13.2 Å². The number of aliphatic carboxylic acids is 1. The predicted octanol–water partition coefficient (Wildman–Crippen LogP) is 1.81. The lowest BCUT2D eigenvalue weighted by Gasteiger charge is -2.29. The highest BCUT2D eigenvalue weighted by Crippen LogP contribution is 2.33.